The van der Waals surface area contributed by atoms with Crippen molar-refractivity contribution in [1.29, 1.82) is 0 Å². The van der Waals surface area contributed by atoms with Gasteiger partial charge in [0.05, 0.1) is 21.9 Å². The van der Waals surface area contributed by atoms with Crippen LogP contribution in [0.3, 0.4) is 0 Å². The fraction of sp³-hybridized carbons (Fsp3) is 0.222. The molecule has 3 aromatic rings. The number of amides is 1. The molecule has 1 aliphatic heterocycles. The predicted molar refractivity (Wildman–Crippen MR) is 100 cm³/mol. The van der Waals surface area contributed by atoms with Gasteiger partial charge in [0.25, 0.3) is 0 Å². The minimum Gasteiger partial charge on any atom is -0.309 e. The van der Waals surface area contributed by atoms with Gasteiger partial charge < -0.3 is 5.32 Å². The third-order valence-electron chi connectivity index (χ3n) is 4.19. The molecule has 0 radical (unpaired) electrons. The molecule has 0 bridgehead atoms. The van der Waals surface area contributed by atoms with E-state index < -0.39 is 0 Å². The molecule has 0 saturated heterocycles. The summed E-state index contributed by atoms with van der Waals surface area (Å²) in [6.07, 6.45) is 0. The molecule has 0 spiro atoms. The molecule has 3 heterocycles. The lowest BCUT2D eigenvalue weighted by molar-refractivity contribution is -0.115. The van der Waals surface area contributed by atoms with Crippen LogP contribution in [-0.2, 0) is 4.79 Å². The third kappa shape index (κ3) is 2.87. The number of fused-ring (bicyclic) bond motifs is 1. The molecule has 0 aliphatic carbocycles. The van der Waals surface area contributed by atoms with Gasteiger partial charge in [-0.05, 0) is 49.6 Å². The van der Waals surface area contributed by atoms with E-state index in [1.54, 1.807) is 39.9 Å². The van der Waals surface area contributed by atoms with Crippen LogP contribution >= 0.6 is 23.1 Å². The first-order valence-corrected chi connectivity index (χ1v) is 9.72. The average Bonchev–Trinajstić information content (AvgIpc) is 3.19. The van der Waals surface area contributed by atoms with Gasteiger partial charge in [-0.25, -0.2) is 9.07 Å². The van der Waals surface area contributed by atoms with E-state index in [4.69, 9.17) is 0 Å². The van der Waals surface area contributed by atoms with Crippen LogP contribution in [-0.4, -0.2) is 20.9 Å². The second-order valence-electron chi connectivity index (χ2n) is 5.90. The molecule has 4 nitrogen and oxygen atoms in total. The number of anilines is 1. The number of hydrogen-bond acceptors (Lipinski definition) is 4. The van der Waals surface area contributed by atoms with E-state index in [2.05, 4.69) is 16.5 Å². The Balaban J connectivity index is 1.90. The van der Waals surface area contributed by atoms with Crippen molar-refractivity contribution in [2.45, 2.75) is 24.3 Å². The highest BCUT2D eigenvalue weighted by Gasteiger charge is 2.34. The number of aromatic nitrogens is 2. The summed E-state index contributed by atoms with van der Waals surface area (Å²) in [6, 6.07) is 10.2. The summed E-state index contributed by atoms with van der Waals surface area (Å²) in [4.78, 5) is 13.7. The van der Waals surface area contributed by atoms with Gasteiger partial charge in [0.1, 0.15) is 11.6 Å². The van der Waals surface area contributed by atoms with E-state index in [9.17, 15) is 9.18 Å². The summed E-state index contributed by atoms with van der Waals surface area (Å²) >= 11 is 3.30. The average molecular weight is 373 g/mol. The van der Waals surface area contributed by atoms with E-state index >= 15 is 0 Å². The van der Waals surface area contributed by atoms with E-state index in [1.165, 1.54) is 17.0 Å². The molecule has 0 saturated carbocycles. The third-order valence-corrected chi connectivity index (χ3v) is 6.66. The second-order valence-corrected chi connectivity index (χ2v) is 8.33. The normalized spacial score (nSPS) is 20.0. The molecule has 4 rings (SSSR count). The van der Waals surface area contributed by atoms with Crippen molar-refractivity contribution in [3.05, 3.63) is 63.7 Å². The quantitative estimate of drug-likeness (QED) is 0.717. The first-order chi connectivity index (χ1) is 12.0. The number of hydrogen-bond donors (Lipinski definition) is 1. The Bertz CT molecular complexity index is 919. The Labute approximate surface area is 153 Å². The first kappa shape index (κ1) is 16.4. The fourth-order valence-electron chi connectivity index (χ4n) is 2.94. The van der Waals surface area contributed by atoms with Crippen molar-refractivity contribution in [1.82, 2.24) is 9.78 Å². The number of thioether (sulfide) groups is 1. The number of thiophene rings is 1. The minimum atomic E-state index is -0.302. The van der Waals surface area contributed by atoms with Crippen molar-refractivity contribution < 1.29 is 9.18 Å². The summed E-state index contributed by atoms with van der Waals surface area (Å²) in [5.41, 5.74) is 2.59. The summed E-state index contributed by atoms with van der Waals surface area (Å²) < 4.78 is 15.0. The predicted octanol–water partition coefficient (Wildman–Crippen LogP) is 4.54. The van der Waals surface area contributed by atoms with Crippen LogP contribution in [0.25, 0.3) is 5.69 Å². The lowest BCUT2D eigenvalue weighted by atomic mass is 10.1. The molecule has 128 valence electrons. The molecule has 1 N–H and O–H groups in total. The van der Waals surface area contributed by atoms with Crippen LogP contribution < -0.4 is 5.32 Å². The SMILES string of the molecule is Cc1nn(-c2ccc(F)cc2)c2c1[C@@H](c1cccs1)S[C@@H](C)C(=O)N2. The molecule has 25 heavy (non-hydrogen) atoms. The number of carbonyl (C=O) groups excluding carboxylic acids is 1. The Morgan fingerprint density at radius 3 is 2.68 bits per heavy atom. The number of carbonyl (C=O) groups is 1. The highest BCUT2D eigenvalue weighted by atomic mass is 32.2. The van der Waals surface area contributed by atoms with Crippen molar-refractivity contribution in [3.8, 4) is 5.69 Å². The van der Waals surface area contributed by atoms with Crippen molar-refractivity contribution in [2.24, 2.45) is 0 Å². The summed E-state index contributed by atoms with van der Waals surface area (Å²) in [7, 11) is 0. The number of nitrogens with one attached hydrogen (secondary N) is 1. The van der Waals surface area contributed by atoms with Gasteiger partial charge in [-0.3, -0.25) is 4.79 Å². The number of rotatable bonds is 2. The molecule has 1 aromatic carbocycles. The molecule has 2 aromatic heterocycles. The molecular weight excluding hydrogens is 357 g/mol. The highest BCUT2D eigenvalue weighted by molar-refractivity contribution is 8.01. The zero-order valence-corrected chi connectivity index (χ0v) is 15.3. The lowest BCUT2D eigenvalue weighted by Gasteiger charge is -2.15. The Kier molecular flexibility index (Phi) is 4.13. The first-order valence-electron chi connectivity index (χ1n) is 7.90. The number of halogens is 1. The Morgan fingerprint density at radius 2 is 2.00 bits per heavy atom. The van der Waals surface area contributed by atoms with Crippen LogP contribution in [0.5, 0.6) is 0 Å². The largest absolute Gasteiger partial charge is 0.309 e. The summed E-state index contributed by atoms with van der Waals surface area (Å²) in [6.45, 7) is 3.86. The highest BCUT2D eigenvalue weighted by Crippen LogP contribution is 2.47. The van der Waals surface area contributed by atoms with Gasteiger partial charge in [-0.2, -0.15) is 5.10 Å². The van der Waals surface area contributed by atoms with Crippen LogP contribution in [0.15, 0.2) is 41.8 Å². The topological polar surface area (TPSA) is 46.9 Å². The van der Waals surface area contributed by atoms with Crippen LogP contribution in [0.2, 0.25) is 0 Å². The molecule has 0 fully saturated rings. The van der Waals surface area contributed by atoms with Crippen molar-refractivity contribution in [2.75, 3.05) is 5.32 Å². The van der Waals surface area contributed by atoms with E-state index in [0.717, 1.165) is 16.9 Å². The maximum absolute atomic E-state index is 13.3. The van der Waals surface area contributed by atoms with Crippen LogP contribution in [0.4, 0.5) is 10.2 Å². The maximum Gasteiger partial charge on any atom is 0.238 e. The van der Waals surface area contributed by atoms with E-state index in [-0.39, 0.29) is 22.2 Å². The monoisotopic (exact) mass is 373 g/mol. The molecule has 2 atom stereocenters. The van der Waals surface area contributed by atoms with Gasteiger partial charge >= 0.3 is 0 Å². The number of benzene rings is 1. The zero-order chi connectivity index (χ0) is 17.6. The van der Waals surface area contributed by atoms with Gasteiger partial charge in [0, 0.05) is 10.4 Å². The number of aryl methyl sites for hydroxylation is 1. The van der Waals surface area contributed by atoms with Crippen LogP contribution in [0.1, 0.15) is 28.3 Å². The van der Waals surface area contributed by atoms with E-state index in [1.807, 2.05) is 25.3 Å². The Morgan fingerprint density at radius 1 is 1.24 bits per heavy atom. The minimum absolute atomic E-state index is 0.0400. The zero-order valence-electron chi connectivity index (χ0n) is 13.7. The lowest BCUT2D eigenvalue weighted by Crippen LogP contribution is -2.22. The van der Waals surface area contributed by atoms with Gasteiger partial charge in [0.15, 0.2) is 0 Å². The molecule has 7 heteroatoms. The number of nitrogens with zero attached hydrogens (tertiary/aromatic N) is 2. The van der Waals surface area contributed by atoms with Gasteiger partial charge in [-0.1, -0.05) is 6.07 Å². The van der Waals surface area contributed by atoms with Crippen molar-refractivity contribution >= 4 is 34.8 Å². The van der Waals surface area contributed by atoms with Gasteiger partial charge in [-0.15, -0.1) is 23.1 Å². The fourth-order valence-corrected chi connectivity index (χ4v) is 5.21. The smallest absolute Gasteiger partial charge is 0.238 e. The molecule has 1 amide bonds. The van der Waals surface area contributed by atoms with Crippen LogP contribution in [0, 0.1) is 12.7 Å². The molecular formula is C18H16FN3OS2. The molecule has 1 aliphatic rings. The van der Waals surface area contributed by atoms with Crippen molar-refractivity contribution in [3.63, 3.8) is 0 Å². The van der Waals surface area contributed by atoms with E-state index in [0.29, 0.717) is 5.82 Å². The maximum atomic E-state index is 13.3. The molecule has 0 unspecified atom stereocenters. The summed E-state index contributed by atoms with van der Waals surface area (Å²) in [5.74, 6) is 0.321. The standard InChI is InChI=1S/C18H16FN3OS2/c1-10-15-16(14-4-3-9-24-14)25-11(2)18(23)20-17(15)22(21-10)13-7-5-12(19)6-8-13/h3-9,11,16H,1-2H3,(H,20,23)/t11-,16+/m0/s1. The Hall–Kier alpha value is -2.12. The second kappa shape index (κ2) is 6.31. The van der Waals surface area contributed by atoms with Gasteiger partial charge in [0.2, 0.25) is 5.91 Å². The summed E-state index contributed by atoms with van der Waals surface area (Å²) in [5, 5.41) is 9.54.